The lowest BCUT2D eigenvalue weighted by Gasteiger charge is -2.28. The maximum atomic E-state index is 13.6. The minimum atomic E-state index is -4.49. The van der Waals surface area contributed by atoms with Crippen molar-refractivity contribution < 1.29 is 26.3 Å². The maximum absolute atomic E-state index is 13.6. The molecule has 0 unspecified atom stereocenters. The normalized spacial score (nSPS) is 13.3. The van der Waals surface area contributed by atoms with Crippen LogP contribution in [0.25, 0.3) is 0 Å². The molecule has 0 atom stereocenters. The second-order valence-corrected chi connectivity index (χ2v) is 8.16. The average Bonchev–Trinajstić information content (AvgIpc) is 2.52. The molecule has 28 heavy (non-hydrogen) atoms. The first-order chi connectivity index (χ1) is 12.6. The zero-order chi connectivity index (χ0) is 21.5. The van der Waals surface area contributed by atoms with E-state index >= 15 is 0 Å². The second-order valence-electron chi connectivity index (χ2n) is 8.16. The molecule has 0 aliphatic heterocycles. The van der Waals surface area contributed by atoms with Crippen LogP contribution in [0, 0.1) is 6.92 Å². The van der Waals surface area contributed by atoms with Crippen LogP contribution >= 0.6 is 0 Å². The largest absolute Gasteiger partial charge is 0.416 e. The highest BCUT2D eigenvalue weighted by atomic mass is 19.4. The first-order valence-electron chi connectivity index (χ1n) is 9.01. The number of hydrogen-bond donors (Lipinski definition) is 0. The lowest BCUT2D eigenvalue weighted by atomic mass is 9.77. The molecule has 0 nitrogen and oxygen atoms in total. The van der Waals surface area contributed by atoms with E-state index in [4.69, 9.17) is 0 Å². The summed E-state index contributed by atoms with van der Waals surface area (Å²) in [5, 5.41) is 0. The quantitative estimate of drug-likeness (QED) is 0.460. The molecule has 154 valence electrons. The molecule has 0 aromatic heterocycles. The van der Waals surface area contributed by atoms with Crippen LogP contribution < -0.4 is 0 Å². The van der Waals surface area contributed by atoms with Crippen molar-refractivity contribution >= 4 is 0 Å². The number of hydrogen-bond acceptors (Lipinski definition) is 0. The van der Waals surface area contributed by atoms with Crippen molar-refractivity contribution in [2.75, 3.05) is 0 Å². The Morgan fingerprint density at radius 1 is 0.786 bits per heavy atom. The van der Waals surface area contributed by atoms with E-state index in [1.165, 1.54) is 31.2 Å². The van der Waals surface area contributed by atoms with E-state index < -0.39 is 28.9 Å². The fourth-order valence-corrected chi connectivity index (χ4v) is 3.35. The van der Waals surface area contributed by atoms with Crippen LogP contribution in [0.5, 0.6) is 0 Å². The van der Waals surface area contributed by atoms with Gasteiger partial charge in [-0.05, 0) is 59.1 Å². The summed E-state index contributed by atoms with van der Waals surface area (Å²) in [5.41, 5.74) is -0.824. The molecular formula is C22H24F6. The van der Waals surface area contributed by atoms with Crippen molar-refractivity contribution in [1.82, 2.24) is 0 Å². The van der Waals surface area contributed by atoms with Crippen molar-refractivity contribution in [3.63, 3.8) is 0 Å². The Labute approximate surface area is 161 Å². The summed E-state index contributed by atoms with van der Waals surface area (Å²) in [7, 11) is 0. The molecule has 0 amide bonds. The molecule has 2 aromatic rings. The highest BCUT2D eigenvalue weighted by Gasteiger charge is 2.36. The summed E-state index contributed by atoms with van der Waals surface area (Å²) in [6.07, 6.45) is -8.89. The van der Waals surface area contributed by atoms with E-state index in [9.17, 15) is 26.3 Å². The minimum absolute atomic E-state index is 0.0410. The van der Waals surface area contributed by atoms with Crippen LogP contribution in [0.1, 0.15) is 67.0 Å². The van der Waals surface area contributed by atoms with E-state index in [-0.39, 0.29) is 23.5 Å². The fraction of sp³-hybridized carbons (Fsp3) is 0.455. The van der Waals surface area contributed by atoms with Gasteiger partial charge in [-0.3, -0.25) is 0 Å². The second kappa shape index (κ2) is 7.45. The van der Waals surface area contributed by atoms with Gasteiger partial charge in [0.15, 0.2) is 0 Å². The minimum Gasteiger partial charge on any atom is -0.166 e. The molecule has 0 radical (unpaired) electrons. The topological polar surface area (TPSA) is 0 Å². The van der Waals surface area contributed by atoms with Gasteiger partial charge >= 0.3 is 12.4 Å². The first kappa shape index (κ1) is 22.3. The summed E-state index contributed by atoms with van der Waals surface area (Å²) >= 11 is 0. The molecule has 0 aliphatic rings. The van der Waals surface area contributed by atoms with Gasteiger partial charge in [0.2, 0.25) is 0 Å². The number of rotatable bonds is 4. The van der Waals surface area contributed by atoms with Gasteiger partial charge in [-0.2, -0.15) is 26.3 Å². The Morgan fingerprint density at radius 3 is 1.82 bits per heavy atom. The monoisotopic (exact) mass is 402 g/mol. The van der Waals surface area contributed by atoms with Gasteiger partial charge in [0.1, 0.15) is 0 Å². The lowest BCUT2D eigenvalue weighted by molar-refractivity contribution is -0.139. The molecule has 0 fully saturated rings. The van der Waals surface area contributed by atoms with Crippen molar-refractivity contribution in [2.45, 2.75) is 64.7 Å². The van der Waals surface area contributed by atoms with Crippen LogP contribution in [0.3, 0.4) is 0 Å². The third-order valence-electron chi connectivity index (χ3n) is 5.05. The van der Waals surface area contributed by atoms with Gasteiger partial charge < -0.3 is 0 Å². The van der Waals surface area contributed by atoms with Crippen LogP contribution in [0.2, 0.25) is 0 Å². The van der Waals surface area contributed by atoms with Gasteiger partial charge in [-0.1, -0.05) is 52.0 Å². The average molecular weight is 402 g/mol. The molecule has 6 heteroatoms. The SMILES string of the molecule is Cc1cc(C(C)(C)Cc2ccc(C(C)C)cc2C(F)(F)F)ccc1C(F)(F)F. The molecule has 0 saturated carbocycles. The van der Waals surface area contributed by atoms with Gasteiger partial charge in [0.05, 0.1) is 11.1 Å². The smallest absolute Gasteiger partial charge is 0.166 e. The summed E-state index contributed by atoms with van der Waals surface area (Å²) in [6, 6.07) is 8.11. The van der Waals surface area contributed by atoms with Gasteiger partial charge in [-0.15, -0.1) is 0 Å². The van der Waals surface area contributed by atoms with E-state index in [1.54, 1.807) is 19.9 Å². The van der Waals surface area contributed by atoms with Crippen LogP contribution in [0.4, 0.5) is 26.3 Å². The van der Waals surface area contributed by atoms with E-state index in [0.717, 1.165) is 6.07 Å². The highest BCUT2D eigenvalue weighted by molar-refractivity contribution is 5.40. The molecule has 0 spiro atoms. The van der Waals surface area contributed by atoms with Crippen molar-refractivity contribution in [1.29, 1.82) is 0 Å². The molecule has 0 heterocycles. The summed E-state index contributed by atoms with van der Waals surface area (Å²) in [6.45, 7) is 8.49. The molecule has 0 N–H and O–H groups in total. The molecule has 2 aromatic carbocycles. The molecule has 0 aliphatic carbocycles. The Hall–Kier alpha value is -1.98. The van der Waals surface area contributed by atoms with Crippen LogP contribution in [-0.2, 0) is 24.2 Å². The summed E-state index contributed by atoms with van der Waals surface area (Å²) in [5.74, 6) is -0.0410. The molecular weight excluding hydrogens is 378 g/mol. The van der Waals surface area contributed by atoms with Crippen molar-refractivity contribution in [3.8, 4) is 0 Å². The standard InChI is InChI=1S/C22H24F6/c1-13(2)15-6-7-16(19(11-15)22(26,27)28)12-20(4,5)17-8-9-18(14(3)10-17)21(23,24)25/h6-11,13H,12H2,1-5H3. The Bertz CT molecular complexity index is 841. The predicted octanol–water partition coefficient (Wildman–Crippen LogP) is 7.68. The fourth-order valence-electron chi connectivity index (χ4n) is 3.35. The molecule has 2 rings (SSSR count). The van der Waals surface area contributed by atoms with Crippen molar-refractivity contribution in [2.24, 2.45) is 0 Å². The lowest BCUT2D eigenvalue weighted by Crippen LogP contribution is -2.23. The van der Waals surface area contributed by atoms with E-state index in [0.29, 0.717) is 11.1 Å². The zero-order valence-electron chi connectivity index (χ0n) is 16.5. The van der Waals surface area contributed by atoms with Crippen LogP contribution in [-0.4, -0.2) is 0 Å². The third-order valence-corrected chi connectivity index (χ3v) is 5.05. The molecule has 0 bridgehead atoms. The zero-order valence-corrected chi connectivity index (χ0v) is 16.5. The summed E-state index contributed by atoms with van der Waals surface area (Å²) in [4.78, 5) is 0. The highest BCUT2D eigenvalue weighted by Crippen LogP contribution is 2.39. The Morgan fingerprint density at radius 2 is 1.36 bits per heavy atom. The van der Waals surface area contributed by atoms with E-state index in [2.05, 4.69) is 0 Å². The third kappa shape index (κ3) is 4.89. The first-order valence-corrected chi connectivity index (χ1v) is 9.01. The number of benzene rings is 2. The van der Waals surface area contributed by atoms with E-state index in [1.807, 2.05) is 13.8 Å². The van der Waals surface area contributed by atoms with Crippen LogP contribution in [0.15, 0.2) is 36.4 Å². The maximum Gasteiger partial charge on any atom is 0.416 e. The van der Waals surface area contributed by atoms with Crippen molar-refractivity contribution in [3.05, 3.63) is 69.8 Å². The Kier molecular flexibility index (Phi) is 5.94. The predicted molar refractivity (Wildman–Crippen MR) is 98.4 cm³/mol. The number of halogens is 6. The van der Waals surface area contributed by atoms with Gasteiger partial charge in [0, 0.05) is 0 Å². The Balaban J connectivity index is 2.45. The van der Waals surface area contributed by atoms with Gasteiger partial charge in [-0.25, -0.2) is 0 Å². The molecule has 0 saturated heterocycles. The van der Waals surface area contributed by atoms with Gasteiger partial charge in [0.25, 0.3) is 0 Å². The summed E-state index contributed by atoms with van der Waals surface area (Å²) < 4.78 is 79.7. The number of aryl methyl sites for hydroxylation is 1. The number of alkyl halides is 6.